The monoisotopic (exact) mass is 393 g/mol. The molecule has 3 rings (SSSR count). The van der Waals surface area contributed by atoms with Crippen molar-refractivity contribution in [1.82, 2.24) is 0 Å². The van der Waals surface area contributed by atoms with Crippen molar-refractivity contribution in [2.24, 2.45) is 0 Å². The van der Waals surface area contributed by atoms with Crippen LogP contribution in [0, 0.1) is 0 Å². The van der Waals surface area contributed by atoms with E-state index in [0.29, 0.717) is 28.9 Å². The molecule has 4 heteroatoms. The lowest BCUT2D eigenvalue weighted by Gasteiger charge is -2.11. The molecule has 0 saturated carbocycles. The number of amides is 1. The highest BCUT2D eigenvalue weighted by molar-refractivity contribution is 6.31. The number of benzene rings is 3. The molecule has 3 aromatic carbocycles. The van der Waals surface area contributed by atoms with E-state index in [1.54, 1.807) is 12.1 Å². The number of hydrogen-bond donors (Lipinski definition) is 1. The Morgan fingerprint density at radius 3 is 2.50 bits per heavy atom. The Balaban J connectivity index is 1.64. The van der Waals surface area contributed by atoms with Crippen molar-refractivity contribution in [3.63, 3.8) is 0 Å². The summed E-state index contributed by atoms with van der Waals surface area (Å²) < 4.78 is 5.80. The zero-order chi connectivity index (χ0) is 19.9. The fraction of sp³-hybridized carbons (Fsp3) is 0.208. The molecule has 0 unspecified atom stereocenters. The molecule has 0 spiro atoms. The molecule has 28 heavy (non-hydrogen) atoms. The van der Waals surface area contributed by atoms with E-state index in [9.17, 15) is 4.79 Å². The van der Waals surface area contributed by atoms with Gasteiger partial charge in [0, 0.05) is 21.8 Å². The van der Waals surface area contributed by atoms with Crippen LogP contribution in [0.1, 0.15) is 47.7 Å². The Labute approximate surface area is 171 Å². The van der Waals surface area contributed by atoms with Crippen LogP contribution in [0.2, 0.25) is 5.02 Å². The second-order valence-electron chi connectivity index (χ2n) is 6.79. The van der Waals surface area contributed by atoms with Gasteiger partial charge in [-0.1, -0.05) is 61.8 Å². The summed E-state index contributed by atoms with van der Waals surface area (Å²) in [5.74, 6) is 0.968. The van der Waals surface area contributed by atoms with Crippen LogP contribution in [0.5, 0.6) is 5.75 Å². The van der Waals surface area contributed by atoms with Gasteiger partial charge in [-0.15, -0.1) is 0 Å². The summed E-state index contributed by atoms with van der Waals surface area (Å²) in [5, 5.41) is 3.60. The SMILES string of the molecule is CC[C@H](C)c1ccc(NC(=O)c2cccc(OCc3ccccc3Cl)c2)cc1. The van der Waals surface area contributed by atoms with Crippen molar-refractivity contribution in [2.75, 3.05) is 5.32 Å². The number of rotatable bonds is 7. The van der Waals surface area contributed by atoms with Crippen LogP contribution in [-0.4, -0.2) is 5.91 Å². The summed E-state index contributed by atoms with van der Waals surface area (Å²) in [6.07, 6.45) is 1.09. The van der Waals surface area contributed by atoms with Gasteiger partial charge in [-0.3, -0.25) is 4.79 Å². The van der Waals surface area contributed by atoms with Gasteiger partial charge in [0.2, 0.25) is 0 Å². The maximum atomic E-state index is 12.6. The second-order valence-corrected chi connectivity index (χ2v) is 7.20. The average molecular weight is 394 g/mol. The average Bonchev–Trinajstić information content (AvgIpc) is 2.73. The smallest absolute Gasteiger partial charge is 0.255 e. The molecule has 0 aliphatic carbocycles. The summed E-state index contributed by atoms with van der Waals surface area (Å²) in [6, 6.07) is 22.7. The van der Waals surface area contributed by atoms with Gasteiger partial charge in [0.15, 0.2) is 0 Å². The summed E-state index contributed by atoms with van der Waals surface area (Å²) in [4.78, 5) is 12.6. The van der Waals surface area contributed by atoms with Crippen molar-refractivity contribution < 1.29 is 9.53 Å². The molecule has 0 saturated heterocycles. The summed E-state index contributed by atoms with van der Waals surface area (Å²) in [7, 11) is 0. The molecule has 0 aliphatic heterocycles. The number of ether oxygens (including phenoxy) is 1. The molecule has 0 bridgehead atoms. The third-order valence-electron chi connectivity index (χ3n) is 4.80. The molecule has 0 heterocycles. The molecule has 1 atom stereocenters. The van der Waals surface area contributed by atoms with Gasteiger partial charge >= 0.3 is 0 Å². The lowest BCUT2D eigenvalue weighted by molar-refractivity contribution is 0.102. The highest BCUT2D eigenvalue weighted by atomic mass is 35.5. The lowest BCUT2D eigenvalue weighted by atomic mass is 9.98. The number of carbonyl (C=O) groups is 1. The van der Waals surface area contributed by atoms with Gasteiger partial charge in [0.1, 0.15) is 12.4 Å². The second kappa shape index (κ2) is 9.43. The molecule has 0 fully saturated rings. The van der Waals surface area contributed by atoms with Crippen LogP contribution in [0.4, 0.5) is 5.69 Å². The molecule has 3 aromatic rings. The topological polar surface area (TPSA) is 38.3 Å². The number of nitrogens with one attached hydrogen (secondary N) is 1. The van der Waals surface area contributed by atoms with Crippen LogP contribution in [-0.2, 0) is 6.61 Å². The van der Waals surface area contributed by atoms with Crippen LogP contribution < -0.4 is 10.1 Å². The first-order valence-corrected chi connectivity index (χ1v) is 9.82. The maximum Gasteiger partial charge on any atom is 0.255 e. The van der Waals surface area contributed by atoms with E-state index < -0.39 is 0 Å². The molecule has 0 aliphatic rings. The zero-order valence-corrected chi connectivity index (χ0v) is 16.9. The van der Waals surface area contributed by atoms with E-state index >= 15 is 0 Å². The minimum absolute atomic E-state index is 0.167. The minimum atomic E-state index is -0.167. The first-order valence-electron chi connectivity index (χ1n) is 9.44. The fourth-order valence-corrected chi connectivity index (χ4v) is 3.03. The van der Waals surface area contributed by atoms with Crippen molar-refractivity contribution >= 4 is 23.2 Å². The molecular formula is C24H24ClNO2. The molecule has 1 amide bonds. The van der Waals surface area contributed by atoms with Crippen molar-refractivity contribution in [3.8, 4) is 5.75 Å². The van der Waals surface area contributed by atoms with Gasteiger partial charge < -0.3 is 10.1 Å². The summed E-state index contributed by atoms with van der Waals surface area (Å²) >= 11 is 6.16. The molecule has 144 valence electrons. The molecule has 1 N–H and O–H groups in total. The first-order chi connectivity index (χ1) is 13.6. The third kappa shape index (κ3) is 5.14. The van der Waals surface area contributed by atoms with Crippen LogP contribution >= 0.6 is 11.6 Å². The van der Waals surface area contributed by atoms with Crippen LogP contribution in [0.3, 0.4) is 0 Å². The standard InChI is InChI=1S/C24H24ClNO2/c1-3-17(2)18-11-13-21(14-12-18)26-24(27)19-8-6-9-22(15-19)28-16-20-7-4-5-10-23(20)25/h4-15,17H,3,16H2,1-2H3,(H,26,27)/t17-/m0/s1. The predicted molar refractivity (Wildman–Crippen MR) is 115 cm³/mol. The van der Waals surface area contributed by atoms with E-state index in [1.165, 1.54) is 5.56 Å². The Morgan fingerprint density at radius 2 is 1.79 bits per heavy atom. The fourth-order valence-electron chi connectivity index (χ4n) is 2.84. The van der Waals surface area contributed by atoms with E-state index in [1.807, 2.05) is 48.5 Å². The highest BCUT2D eigenvalue weighted by Gasteiger charge is 2.09. The minimum Gasteiger partial charge on any atom is -0.489 e. The summed E-state index contributed by atoms with van der Waals surface area (Å²) in [6.45, 7) is 4.71. The van der Waals surface area contributed by atoms with E-state index in [-0.39, 0.29) is 5.91 Å². The van der Waals surface area contributed by atoms with E-state index in [0.717, 1.165) is 17.7 Å². The normalized spacial score (nSPS) is 11.7. The number of halogens is 1. The number of hydrogen-bond acceptors (Lipinski definition) is 2. The quantitative estimate of drug-likeness (QED) is 0.485. The molecular weight excluding hydrogens is 370 g/mol. The predicted octanol–water partition coefficient (Wildman–Crippen LogP) is 6.68. The highest BCUT2D eigenvalue weighted by Crippen LogP contribution is 2.22. The first kappa shape index (κ1) is 20.0. The maximum absolute atomic E-state index is 12.6. The van der Waals surface area contributed by atoms with Gasteiger partial charge in [0.05, 0.1) is 0 Å². The van der Waals surface area contributed by atoms with Gasteiger partial charge in [0.25, 0.3) is 5.91 Å². The van der Waals surface area contributed by atoms with Gasteiger partial charge in [-0.2, -0.15) is 0 Å². The van der Waals surface area contributed by atoms with E-state index in [2.05, 4.69) is 31.3 Å². The Hall–Kier alpha value is -2.78. The largest absolute Gasteiger partial charge is 0.489 e. The number of anilines is 1. The van der Waals surface area contributed by atoms with Crippen molar-refractivity contribution in [3.05, 3.63) is 94.5 Å². The van der Waals surface area contributed by atoms with E-state index in [4.69, 9.17) is 16.3 Å². The molecule has 0 radical (unpaired) electrons. The molecule has 3 nitrogen and oxygen atoms in total. The Morgan fingerprint density at radius 1 is 1.04 bits per heavy atom. The van der Waals surface area contributed by atoms with Gasteiger partial charge in [-0.05, 0) is 54.3 Å². The Kier molecular flexibility index (Phi) is 6.72. The van der Waals surface area contributed by atoms with Gasteiger partial charge in [-0.25, -0.2) is 0 Å². The van der Waals surface area contributed by atoms with Crippen LogP contribution in [0.15, 0.2) is 72.8 Å². The third-order valence-corrected chi connectivity index (χ3v) is 5.17. The summed E-state index contributed by atoms with van der Waals surface area (Å²) in [5.41, 5.74) is 3.50. The van der Waals surface area contributed by atoms with Crippen molar-refractivity contribution in [2.45, 2.75) is 32.8 Å². The van der Waals surface area contributed by atoms with Crippen LogP contribution in [0.25, 0.3) is 0 Å². The lowest BCUT2D eigenvalue weighted by Crippen LogP contribution is -2.12. The number of carbonyl (C=O) groups excluding carboxylic acids is 1. The van der Waals surface area contributed by atoms with Crippen molar-refractivity contribution in [1.29, 1.82) is 0 Å². The molecule has 0 aromatic heterocycles. The Bertz CT molecular complexity index is 937. The zero-order valence-electron chi connectivity index (χ0n) is 16.1.